The molecule has 2 fully saturated rings. The molecule has 2 saturated heterocycles. The van der Waals surface area contributed by atoms with E-state index in [9.17, 15) is 19.8 Å². The molecular formula is C35H43N3O7. The quantitative estimate of drug-likeness (QED) is 0.237. The summed E-state index contributed by atoms with van der Waals surface area (Å²) in [5, 5.41) is 24.9. The zero-order valence-electron chi connectivity index (χ0n) is 25.9. The molecule has 0 aromatic heterocycles. The van der Waals surface area contributed by atoms with Crippen molar-refractivity contribution >= 4 is 12.0 Å². The first-order valence-electron chi connectivity index (χ1n) is 15.6. The summed E-state index contributed by atoms with van der Waals surface area (Å²) in [7, 11) is 0. The predicted molar refractivity (Wildman–Crippen MR) is 169 cm³/mol. The monoisotopic (exact) mass is 617 g/mol. The molecule has 2 amide bonds. The first-order chi connectivity index (χ1) is 21.8. The van der Waals surface area contributed by atoms with Gasteiger partial charge in [0.2, 0.25) is 0 Å². The highest BCUT2D eigenvalue weighted by Crippen LogP contribution is 2.42. The molecule has 5 rings (SSSR count). The van der Waals surface area contributed by atoms with E-state index in [0.717, 1.165) is 46.3 Å². The van der Waals surface area contributed by atoms with E-state index in [4.69, 9.17) is 14.2 Å². The van der Waals surface area contributed by atoms with Crippen LogP contribution in [0.25, 0.3) is 11.1 Å². The number of esters is 1. The number of aliphatic hydroxyl groups is 2. The van der Waals surface area contributed by atoms with E-state index < -0.39 is 18.3 Å². The van der Waals surface area contributed by atoms with Crippen LogP contribution in [0.3, 0.4) is 0 Å². The van der Waals surface area contributed by atoms with Crippen molar-refractivity contribution in [1.82, 2.24) is 15.5 Å². The lowest BCUT2D eigenvalue weighted by Gasteiger charge is -2.42. The van der Waals surface area contributed by atoms with Crippen LogP contribution in [0.2, 0.25) is 0 Å². The average Bonchev–Trinajstić information content (AvgIpc) is 3.48. The van der Waals surface area contributed by atoms with Gasteiger partial charge in [0, 0.05) is 37.7 Å². The normalized spacial score (nSPS) is 23.4. The number of carbonyl (C=O) groups excluding carboxylic acids is 2. The molecule has 0 radical (unpaired) electrons. The van der Waals surface area contributed by atoms with Crippen LogP contribution in [0, 0.1) is 5.92 Å². The van der Waals surface area contributed by atoms with E-state index in [2.05, 4.69) is 22.5 Å². The van der Waals surface area contributed by atoms with Gasteiger partial charge in [-0.3, -0.25) is 9.69 Å². The Hall–Kier alpha value is -3.80. The Morgan fingerprint density at radius 3 is 2.40 bits per heavy atom. The van der Waals surface area contributed by atoms with Crippen molar-refractivity contribution in [2.45, 2.75) is 58.0 Å². The Bertz CT molecular complexity index is 1420. The van der Waals surface area contributed by atoms with Gasteiger partial charge in [0.25, 0.3) is 0 Å². The van der Waals surface area contributed by atoms with Gasteiger partial charge in [0.15, 0.2) is 6.29 Å². The minimum Gasteiger partial charge on any atom is -0.465 e. The highest BCUT2D eigenvalue weighted by atomic mass is 16.7. The van der Waals surface area contributed by atoms with Gasteiger partial charge >= 0.3 is 12.0 Å². The molecule has 5 unspecified atom stereocenters. The maximum atomic E-state index is 12.1. The van der Waals surface area contributed by atoms with Crippen molar-refractivity contribution in [3.05, 3.63) is 95.1 Å². The molecule has 0 saturated carbocycles. The number of nitrogens with one attached hydrogen (secondary N) is 2. The van der Waals surface area contributed by atoms with E-state index in [0.29, 0.717) is 19.6 Å². The van der Waals surface area contributed by atoms with Crippen molar-refractivity contribution in [3.63, 3.8) is 0 Å². The Morgan fingerprint density at radius 1 is 0.956 bits per heavy atom. The maximum Gasteiger partial charge on any atom is 0.325 e. The lowest BCUT2D eigenvalue weighted by molar-refractivity contribution is -0.276. The number of likely N-dealkylation sites (tertiary alicyclic amines) is 1. The summed E-state index contributed by atoms with van der Waals surface area (Å²) in [6.07, 6.45) is -0.400. The number of β-amino-alcohol motifs (C(OH)–C–C–N with tert-alkyl or cyclic N) is 1. The SMILES string of the molecule is CCOC(=O)CNC(=O)NCc1cccc(-c2ccc(C3OC(CN4CCC(O)C4)C(C)C(c4ccc(CO)cc4)O3)cc2)c1. The second-order valence-corrected chi connectivity index (χ2v) is 11.7. The smallest absolute Gasteiger partial charge is 0.325 e. The van der Waals surface area contributed by atoms with E-state index in [1.54, 1.807) is 6.92 Å². The third-order valence-electron chi connectivity index (χ3n) is 8.40. The van der Waals surface area contributed by atoms with Gasteiger partial charge < -0.3 is 35.1 Å². The average molecular weight is 618 g/mol. The number of amides is 2. The number of urea groups is 1. The number of hydrogen-bond donors (Lipinski definition) is 4. The minimum absolute atomic E-state index is 0.00870. The van der Waals surface area contributed by atoms with E-state index in [1.807, 2.05) is 72.8 Å². The van der Waals surface area contributed by atoms with Crippen LogP contribution in [-0.2, 0) is 32.2 Å². The number of ether oxygens (including phenoxy) is 3. The third kappa shape index (κ3) is 8.68. The molecule has 3 aromatic rings. The van der Waals surface area contributed by atoms with Crippen LogP contribution in [0.4, 0.5) is 4.79 Å². The van der Waals surface area contributed by atoms with Gasteiger partial charge in [-0.25, -0.2) is 4.79 Å². The molecule has 45 heavy (non-hydrogen) atoms. The second-order valence-electron chi connectivity index (χ2n) is 11.7. The summed E-state index contributed by atoms with van der Waals surface area (Å²) in [6.45, 7) is 6.44. The minimum atomic E-state index is -0.570. The number of benzene rings is 3. The van der Waals surface area contributed by atoms with Crippen LogP contribution < -0.4 is 10.6 Å². The molecule has 2 aliphatic heterocycles. The van der Waals surface area contributed by atoms with Crippen LogP contribution in [0.1, 0.15) is 54.9 Å². The number of hydrogen-bond acceptors (Lipinski definition) is 8. The molecule has 10 nitrogen and oxygen atoms in total. The van der Waals surface area contributed by atoms with Gasteiger partial charge in [-0.2, -0.15) is 0 Å². The Morgan fingerprint density at radius 2 is 1.71 bits per heavy atom. The first-order valence-corrected chi connectivity index (χ1v) is 15.6. The van der Waals surface area contributed by atoms with Crippen molar-refractivity contribution in [3.8, 4) is 11.1 Å². The van der Waals surface area contributed by atoms with Crippen LogP contribution in [-0.4, -0.2) is 72.1 Å². The van der Waals surface area contributed by atoms with Crippen molar-refractivity contribution in [2.75, 3.05) is 32.8 Å². The molecule has 10 heteroatoms. The summed E-state index contributed by atoms with van der Waals surface area (Å²) in [5.41, 5.74) is 5.72. The summed E-state index contributed by atoms with van der Waals surface area (Å²) in [6, 6.07) is 23.5. The molecule has 240 valence electrons. The molecule has 2 aliphatic rings. The van der Waals surface area contributed by atoms with Gasteiger partial charge in [-0.15, -0.1) is 0 Å². The first kappa shape index (κ1) is 32.6. The lowest BCUT2D eigenvalue weighted by atomic mass is 9.90. The number of aliphatic hydroxyl groups excluding tert-OH is 2. The Balaban J connectivity index is 1.27. The summed E-state index contributed by atoms with van der Waals surface area (Å²) in [5.74, 6) is -0.410. The third-order valence-corrected chi connectivity index (χ3v) is 8.40. The highest BCUT2D eigenvalue weighted by Gasteiger charge is 2.39. The topological polar surface area (TPSA) is 130 Å². The highest BCUT2D eigenvalue weighted by molar-refractivity contribution is 5.80. The van der Waals surface area contributed by atoms with E-state index in [1.165, 1.54) is 0 Å². The van der Waals surface area contributed by atoms with Gasteiger partial charge in [0.1, 0.15) is 6.54 Å². The summed E-state index contributed by atoms with van der Waals surface area (Å²) >= 11 is 0. The van der Waals surface area contributed by atoms with Crippen molar-refractivity contribution < 1.29 is 34.0 Å². The fourth-order valence-electron chi connectivity index (χ4n) is 5.86. The molecule has 0 spiro atoms. The molecular weight excluding hydrogens is 574 g/mol. The molecule has 0 aliphatic carbocycles. The van der Waals surface area contributed by atoms with Gasteiger partial charge in [-0.1, -0.05) is 73.7 Å². The zero-order valence-corrected chi connectivity index (χ0v) is 25.9. The molecule has 5 atom stereocenters. The van der Waals surface area contributed by atoms with Crippen LogP contribution >= 0.6 is 0 Å². The van der Waals surface area contributed by atoms with Gasteiger partial charge in [0.05, 0.1) is 31.5 Å². The molecule has 3 aromatic carbocycles. The molecule has 2 heterocycles. The Labute approximate surface area is 264 Å². The van der Waals surface area contributed by atoms with Crippen LogP contribution in [0.5, 0.6) is 0 Å². The van der Waals surface area contributed by atoms with Crippen molar-refractivity contribution in [1.29, 1.82) is 0 Å². The van der Waals surface area contributed by atoms with E-state index >= 15 is 0 Å². The summed E-state index contributed by atoms with van der Waals surface area (Å²) in [4.78, 5) is 25.8. The lowest BCUT2D eigenvalue weighted by Crippen LogP contribution is -2.44. The maximum absolute atomic E-state index is 12.1. The van der Waals surface area contributed by atoms with E-state index in [-0.39, 0.29) is 44.0 Å². The largest absolute Gasteiger partial charge is 0.465 e. The standard InChI is InChI=1S/C35H43N3O7/c1-3-43-32(41)19-37-35(42)36-18-25-5-4-6-29(17-25)26-11-13-28(14-12-26)34-44-31(21-38-16-15-30(40)20-38)23(2)33(45-34)27-9-7-24(22-39)8-10-27/h4-14,17,23,30-31,33-34,39-40H,3,15-16,18-22H2,1-2H3,(H2,36,37,42). The second kappa shape index (κ2) is 15.5. The van der Waals surface area contributed by atoms with Crippen LogP contribution in [0.15, 0.2) is 72.8 Å². The van der Waals surface area contributed by atoms with Crippen molar-refractivity contribution in [2.24, 2.45) is 5.92 Å². The fraction of sp³-hybridized carbons (Fsp3) is 0.429. The zero-order chi connectivity index (χ0) is 31.8. The number of rotatable bonds is 11. The summed E-state index contributed by atoms with van der Waals surface area (Å²) < 4.78 is 18.0. The van der Waals surface area contributed by atoms with Gasteiger partial charge in [-0.05, 0) is 47.2 Å². The predicted octanol–water partition coefficient (Wildman–Crippen LogP) is 4.07. The molecule has 0 bridgehead atoms. The fourth-order valence-corrected chi connectivity index (χ4v) is 5.86. The number of nitrogens with zero attached hydrogens (tertiary/aromatic N) is 1. The molecule has 4 N–H and O–H groups in total. The number of carbonyl (C=O) groups is 2. The Kier molecular flexibility index (Phi) is 11.2.